The van der Waals surface area contributed by atoms with Crippen LogP contribution >= 0.6 is 0 Å². The van der Waals surface area contributed by atoms with Gasteiger partial charge in [-0.1, -0.05) is 18.2 Å². The van der Waals surface area contributed by atoms with Gasteiger partial charge in [0.05, 0.1) is 14.2 Å². The number of aromatic nitrogens is 1. The average molecular weight is 374 g/mol. The molecule has 0 aliphatic heterocycles. The molecule has 0 atom stereocenters. The van der Waals surface area contributed by atoms with Crippen molar-refractivity contribution in [1.29, 1.82) is 0 Å². The van der Waals surface area contributed by atoms with E-state index >= 15 is 0 Å². The minimum absolute atomic E-state index is 0.0960. The van der Waals surface area contributed by atoms with Crippen LogP contribution in [0.1, 0.15) is 5.56 Å². The number of methoxy groups -OCH3 is 2. The van der Waals surface area contributed by atoms with Crippen LogP contribution < -0.4 is 14.2 Å². The second-order valence-corrected chi connectivity index (χ2v) is 7.68. The Bertz CT molecular complexity index is 1030. The predicted octanol–water partition coefficient (Wildman–Crippen LogP) is 2.72. The van der Waals surface area contributed by atoms with Crippen molar-refractivity contribution in [3.05, 3.63) is 54.2 Å². The average Bonchev–Trinajstić information content (AvgIpc) is 2.97. The fourth-order valence-corrected chi connectivity index (χ4v) is 4.20. The van der Waals surface area contributed by atoms with Crippen molar-refractivity contribution in [2.45, 2.75) is 11.3 Å². The highest BCUT2D eigenvalue weighted by Crippen LogP contribution is 2.28. The number of sulfonamides is 1. The van der Waals surface area contributed by atoms with Gasteiger partial charge in [-0.3, -0.25) is 0 Å². The lowest BCUT2D eigenvalue weighted by Crippen LogP contribution is -2.26. The summed E-state index contributed by atoms with van der Waals surface area (Å²) >= 11 is 0. The van der Waals surface area contributed by atoms with Crippen molar-refractivity contribution in [2.24, 2.45) is 7.05 Å². The van der Waals surface area contributed by atoms with Gasteiger partial charge >= 0.3 is 0 Å². The fourth-order valence-electron chi connectivity index (χ4n) is 3.02. The molecule has 0 amide bonds. The summed E-state index contributed by atoms with van der Waals surface area (Å²) in [5, 5.41) is 1.14. The number of ether oxygens (including phenoxy) is 2. The van der Waals surface area contributed by atoms with Crippen molar-refractivity contribution in [3.8, 4) is 11.5 Å². The van der Waals surface area contributed by atoms with E-state index in [2.05, 4.69) is 4.72 Å². The van der Waals surface area contributed by atoms with Gasteiger partial charge in [0, 0.05) is 36.8 Å². The Morgan fingerprint density at radius 2 is 1.85 bits per heavy atom. The summed E-state index contributed by atoms with van der Waals surface area (Å²) in [4.78, 5) is 0.0960. The zero-order valence-corrected chi connectivity index (χ0v) is 15.8. The number of rotatable bonds is 7. The highest BCUT2D eigenvalue weighted by Gasteiger charge is 2.20. The third kappa shape index (κ3) is 3.54. The molecule has 1 aromatic heterocycles. The van der Waals surface area contributed by atoms with Gasteiger partial charge in [-0.15, -0.1) is 0 Å². The molecular formula is C19H22N2O4S. The first-order valence-corrected chi connectivity index (χ1v) is 9.69. The van der Waals surface area contributed by atoms with Gasteiger partial charge in [0.1, 0.15) is 16.4 Å². The van der Waals surface area contributed by atoms with Crippen molar-refractivity contribution < 1.29 is 17.9 Å². The Morgan fingerprint density at radius 3 is 2.58 bits per heavy atom. The van der Waals surface area contributed by atoms with Gasteiger partial charge < -0.3 is 14.0 Å². The molecule has 0 radical (unpaired) electrons. The van der Waals surface area contributed by atoms with Crippen LogP contribution in [0.4, 0.5) is 0 Å². The molecule has 7 heteroatoms. The van der Waals surface area contributed by atoms with Crippen molar-refractivity contribution >= 4 is 20.9 Å². The smallest absolute Gasteiger partial charge is 0.244 e. The Hall–Kier alpha value is -2.51. The zero-order chi connectivity index (χ0) is 18.7. The third-order valence-electron chi connectivity index (χ3n) is 4.33. The lowest BCUT2D eigenvalue weighted by Gasteiger charge is -2.12. The minimum atomic E-state index is -3.68. The van der Waals surface area contributed by atoms with Crippen LogP contribution in [-0.4, -0.2) is 33.7 Å². The first-order valence-electron chi connectivity index (χ1n) is 8.21. The summed E-state index contributed by atoms with van der Waals surface area (Å²) in [6.45, 7) is 0.297. The highest BCUT2D eigenvalue weighted by molar-refractivity contribution is 7.89. The molecule has 0 unspecified atom stereocenters. The molecule has 0 aliphatic carbocycles. The summed E-state index contributed by atoms with van der Waals surface area (Å²) in [5.41, 5.74) is 2.23. The summed E-state index contributed by atoms with van der Waals surface area (Å²) in [5.74, 6) is 0.790. The summed E-state index contributed by atoms with van der Waals surface area (Å²) < 4.78 is 40.3. The van der Waals surface area contributed by atoms with Crippen LogP contribution in [0.5, 0.6) is 11.5 Å². The van der Waals surface area contributed by atoms with Crippen molar-refractivity contribution in [3.63, 3.8) is 0 Å². The topological polar surface area (TPSA) is 69.6 Å². The summed E-state index contributed by atoms with van der Waals surface area (Å²) in [6, 6.07) is 12.7. The lowest BCUT2D eigenvalue weighted by atomic mass is 10.1. The van der Waals surface area contributed by atoms with Crippen LogP contribution in [0.25, 0.3) is 10.9 Å². The van der Waals surface area contributed by atoms with E-state index in [1.165, 1.54) is 20.3 Å². The number of hydrogen-bond acceptors (Lipinski definition) is 4. The molecule has 0 saturated carbocycles. The van der Waals surface area contributed by atoms with E-state index in [1.807, 2.05) is 42.1 Å². The molecule has 26 heavy (non-hydrogen) atoms. The Balaban J connectivity index is 1.76. The molecule has 1 N–H and O–H groups in total. The van der Waals surface area contributed by atoms with Crippen molar-refractivity contribution in [1.82, 2.24) is 9.29 Å². The Kier molecular flexibility index (Phi) is 5.20. The highest BCUT2D eigenvalue weighted by atomic mass is 32.2. The van der Waals surface area contributed by atoms with Crippen LogP contribution in [0, 0.1) is 0 Å². The monoisotopic (exact) mass is 374 g/mol. The second kappa shape index (κ2) is 7.39. The maximum Gasteiger partial charge on any atom is 0.244 e. The molecule has 6 nitrogen and oxygen atoms in total. The van der Waals surface area contributed by atoms with Crippen LogP contribution in [0.2, 0.25) is 0 Å². The molecule has 0 saturated heterocycles. The van der Waals surface area contributed by atoms with E-state index in [4.69, 9.17) is 9.47 Å². The number of benzene rings is 2. The van der Waals surface area contributed by atoms with Gasteiger partial charge in [-0.25, -0.2) is 13.1 Å². The summed E-state index contributed by atoms with van der Waals surface area (Å²) in [7, 11) is 1.26. The van der Waals surface area contributed by atoms with E-state index in [0.29, 0.717) is 18.7 Å². The molecule has 3 rings (SSSR count). The predicted molar refractivity (Wildman–Crippen MR) is 101 cm³/mol. The van der Waals surface area contributed by atoms with Gasteiger partial charge in [0.15, 0.2) is 0 Å². The normalized spacial score (nSPS) is 11.7. The largest absolute Gasteiger partial charge is 0.497 e. The van der Waals surface area contributed by atoms with Gasteiger partial charge in [0.25, 0.3) is 0 Å². The number of fused-ring (bicyclic) bond motifs is 1. The Morgan fingerprint density at radius 1 is 1.08 bits per heavy atom. The molecule has 1 heterocycles. The summed E-state index contributed by atoms with van der Waals surface area (Å²) in [6.07, 6.45) is 2.63. The minimum Gasteiger partial charge on any atom is -0.497 e. The quantitative estimate of drug-likeness (QED) is 0.690. The number of nitrogens with one attached hydrogen (secondary N) is 1. The van der Waals surface area contributed by atoms with E-state index in [0.717, 1.165) is 16.5 Å². The van der Waals surface area contributed by atoms with E-state index in [9.17, 15) is 8.42 Å². The second-order valence-electron chi connectivity index (χ2n) is 5.95. The molecular weight excluding hydrogens is 352 g/mol. The third-order valence-corrected chi connectivity index (χ3v) is 5.83. The maximum atomic E-state index is 12.6. The first-order chi connectivity index (χ1) is 12.5. The molecule has 3 aromatic rings. The van der Waals surface area contributed by atoms with Gasteiger partial charge in [0.2, 0.25) is 10.0 Å². The number of hydrogen-bond donors (Lipinski definition) is 1. The first kappa shape index (κ1) is 18.3. The Labute approximate surface area is 153 Å². The fraction of sp³-hybridized carbons (Fsp3) is 0.263. The van der Waals surface area contributed by atoms with Crippen molar-refractivity contribution in [2.75, 3.05) is 20.8 Å². The molecule has 0 spiro atoms. The zero-order valence-electron chi connectivity index (χ0n) is 15.0. The SMILES string of the molecule is COc1ccc(S(=O)(=O)NCCc2cn(C)c3ccccc23)c(OC)c1. The van der Waals surface area contributed by atoms with E-state index in [1.54, 1.807) is 12.1 Å². The molecule has 2 aromatic carbocycles. The number of aryl methyl sites for hydroxylation is 1. The maximum absolute atomic E-state index is 12.6. The van der Waals surface area contributed by atoms with Gasteiger partial charge in [-0.05, 0) is 30.2 Å². The van der Waals surface area contributed by atoms with E-state index in [-0.39, 0.29) is 10.6 Å². The van der Waals surface area contributed by atoms with Gasteiger partial charge in [-0.2, -0.15) is 0 Å². The molecule has 0 fully saturated rings. The number of nitrogens with zero attached hydrogens (tertiary/aromatic N) is 1. The molecule has 0 aliphatic rings. The van der Waals surface area contributed by atoms with E-state index < -0.39 is 10.0 Å². The van der Waals surface area contributed by atoms with Crippen LogP contribution in [-0.2, 0) is 23.5 Å². The van der Waals surface area contributed by atoms with Crippen LogP contribution in [0.15, 0.2) is 53.6 Å². The number of para-hydroxylation sites is 1. The lowest BCUT2D eigenvalue weighted by molar-refractivity contribution is 0.386. The molecule has 0 bridgehead atoms. The van der Waals surface area contributed by atoms with Crippen LogP contribution in [0.3, 0.4) is 0 Å². The molecule has 138 valence electrons. The standard InChI is InChI=1S/C19H22N2O4S/c1-21-13-14(16-6-4-5-7-17(16)21)10-11-20-26(22,23)19-9-8-15(24-2)12-18(19)25-3/h4-9,12-13,20H,10-11H2,1-3H3.